The average molecular weight is 340 g/mol. The zero-order valence-corrected chi connectivity index (χ0v) is 14.8. The summed E-state index contributed by atoms with van der Waals surface area (Å²) >= 11 is 1.88. The van der Waals surface area contributed by atoms with Crippen molar-refractivity contribution in [3.63, 3.8) is 0 Å². The van der Waals surface area contributed by atoms with Crippen molar-refractivity contribution in [2.45, 2.75) is 25.8 Å². The first-order chi connectivity index (χ1) is 11.8. The number of piperazine rings is 1. The molecule has 4 rings (SSSR count). The van der Waals surface area contributed by atoms with E-state index >= 15 is 0 Å². The quantitative estimate of drug-likeness (QED) is 0.844. The van der Waals surface area contributed by atoms with Crippen LogP contribution in [0.2, 0.25) is 0 Å². The third kappa shape index (κ3) is 3.40. The molecule has 1 saturated carbocycles. The molecule has 126 valence electrons. The Morgan fingerprint density at radius 2 is 1.75 bits per heavy atom. The first kappa shape index (κ1) is 15.9. The van der Waals surface area contributed by atoms with E-state index in [0.29, 0.717) is 11.8 Å². The van der Waals surface area contributed by atoms with Crippen LogP contribution in [0.3, 0.4) is 0 Å². The van der Waals surface area contributed by atoms with Crippen molar-refractivity contribution >= 4 is 17.2 Å². The van der Waals surface area contributed by atoms with Crippen LogP contribution in [0.25, 0.3) is 10.4 Å². The van der Waals surface area contributed by atoms with Crippen LogP contribution in [-0.2, 0) is 11.3 Å². The summed E-state index contributed by atoms with van der Waals surface area (Å²) in [6.07, 6.45) is 3.45. The van der Waals surface area contributed by atoms with Gasteiger partial charge in [0.1, 0.15) is 0 Å². The molecule has 0 unspecified atom stereocenters. The number of carbonyl (C=O) groups excluding carboxylic acids is 1. The van der Waals surface area contributed by atoms with E-state index in [1.807, 2.05) is 11.3 Å². The molecule has 24 heavy (non-hydrogen) atoms. The highest BCUT2D eigenvalue weighted by molar-refractivity contribution is 7.15. The van der Waals surface area contributed by atoms with Crippen molar-refractivity contribution in [3.05, 3.63) is 47.3 Å². The van der Waals surface area contributed by atoms with Gasteiger partial charge < -0.3 is 4.90 Å². The van der Waals surface area contributed by atoms with Crippen LogP contribution in [0, 0.1) is 5.92 Å². The lowest BCUT2D eigenvalue weighted by molar-refractivity contribution is -0.140. The van der Waals surface area contributed by atoms with Crippen LogP contribution >= 0.6 is 11.3 Å². The van der Waals surface area contributed by atoms with Crippen molar-refractivity contribution < 1.29 is 4.79 Å². The Morgan fingerprint density at radius 1 is 1.00 bits per heavy atom. The highest BCUT2D eigenvalue weighted by Crippen LogP contribution is 2.30. The summed E-state index contributed by atoms with van der Waals surface area (Å²) in [7, 11) is 0. The van der Waals surface area contributed by atoms with Gasteiger partial charge in [-0.2, -0.15) is 0 Å². The molecule has 4 heteroatoms. The molecular weight excluding hydrogens is 316 g/mol. The van der Waals surface area contributed by atoms with Gasteiger partial charge >= 0.3 is 0 Å². The largest absolute Gasteiger partial charge is 0.340 e. The highest BCUT2D eigenvalue weighted by atomic mass is 32.1. The second-order valence-electron chi connectivity index (χ2n) is 6.86. The van der Waals surface area contributed by atoms with Crippen LogP contribution in [0.1, 0.15) is 24.1 Å². The first-order valence-corrected chi connectivity index (χ1v) is 9.76. The molecule has 1 aliphatic heterocycles. The van der Waals surface area contributed by atoms with Gasteiger partial charge in [-0.05, 0) is 30.5 Å². The third-order valence-corrected chi connectivity index (χ3v) is 6.36. The van der Waals surface area contributed by atoms with Crippen LogP contribution in [0.5, 0.6) is 0 Å². The van der Waals surface area contributed by atoms with E-state index in [0.717, 1.165) is 45.6 Å². The zero-order chi connectivity index (χ0) is 16.4. The smallest absolute Gasteiger partial charge is 0.225 e. The van der Waals surface area contributed by atoms with Gasteiger partial charge in [0.05, 0.1) is 0 Å². The molecule has 0 spiro atoms. The van der Waals surface area contributed by atoms with Gasteiger partial charge in [-0.15, -0.1) is 11.3 Å². The number of hydrogen-bond donors (Lipinski definition) is 0. The summed E-state index contributed by atoms with van der Waals surface area (Å²) < 4.78 is 0. The summed E-state index contributed by atoms with van der Waals surface area (Å²) in [6, 6.07) is 15.0. The molecule has 2 heterocycles. The van der Waals surface area contributed by atoms with Crippen LogP contribution in [0.4, 0.5) is 0 Å². The molecule has 0 N–H and O–H groups in total. The molecule has 1 amide bonds. The maximum absolute atomic E-state index is 12.3. The van der Waals surface area contributed by atoms with Crippen LogP contribution in [0.15, 0.2) is 42.5 Å². The Morgan fingerprint density at radius 3 is 2.42 bits per heavy atom. The number of nitrogens with zero attached hydrogens (tertiary/aromatic N) is 2. The van der Waals surface area contributed by atoms with Gasteiger partial charge in [0.2, 0.25) is 5.91 Å². The van der Waals surface area contributed by atoms with Gasteiger partial charge in [-0.3, -0.25) is 9.69 Å². The lowest BCUT2D eigenvalue weighted by atomic mass is 9.84. The standard InChI is InChI=1S/C20H24N2OS/c23-20(17-7-4-8-17)22-13-11-21(12-14-22)15-18-9-10-19(24-18)16-5-2-1-3-6-16/h1-3,5-6,9-10,17H,4,7-8,11-15H2. The fourth-order valence-corrected chi connectivity index (χ4v) is 4.54. The number of carbonyl (C=O) groups is 1. The van der Waals surface area contributed by atoms with E-state index in [1.54, 1.807) is 0 Å². The Labute approximate surface area is 147 Å². The van der Waals surface area contributed by atoms with Gasteiger partial charge in [0.25, 0.3) is 0 Å². The van der Waals surface area contributed by atoms with Crippen LogP contribution in [-0.4, -0.2) is 41.9 Å². The molecule has 3 nitrogen and oxygen atoms in total. The van der Waals surface area contributed by atoms with Crippen molar-refractivity contribution in [1.29, 1.82) is 0 Å². The summed E-state index contributed by atoms with van der Waals surface area (Å²) in [5.41, 5.74) is 1.30. The maximum atomic E-state index is 12.3. The van der Waals surface area contributed by atoms with Gasteiger partial charge in [0.15, 0.2) is 0 Å². The third-order valence-electron chi connectivity index (χ3n) is 5.24. The number of hydrogen-bond acceptors (Lipinski definition) is 3. The molecule has 2 fully saturated rings. The number of amides is 1. The minimum absolute atomic E-state index is 0.335. The van der Waals surface area contributed by atoms with E-state index in [4.69, 9.17) is 0 Å². The predicted molar refractivity (Wildman–Crippen MR) is 99.0 cm³/mol. The second kappa shape index (κ2) is 7.08. The molecule has 0 radical (unpaired) electrons. The fraction of sp³-hybridized carbons (Fsp3) is 0.450. The normalized spacial score (nSPS) is 19.2. The summed E-state index contributed by atoms with van der Waals surface area (Å²) in [6.45, 7) is 4.79. The number of benzene rings is 1. The zero-order valence-electron chi connectivity index (χ0n) is 14.0. The Kier molecular flexibility index (Phi) is 4.67. The summed E-state index contributed by atoms with van der Waals surface area (Å²) in [4.78, 5) is 19.6. The van der Waals surface area contributed by atoms with E-state index in [-0.39, 0.29) is 0 Å². The Bertz CT molecular complexity index is 685. The fourth-order valence-electron chi connectivity index (χ4n) is 3.48. The molecule has 2 aromatic rings. The molecule has 0 atom stereocenters. The van der Waals surface area contributed by atoms with E-state index in [2.05, 4.69) is 52.3 Å². The predicted octanol–water partition coefficient (Wildman–Crippen LogP) is 3.86. The molecular formula is C20H24N2OS. The molecule has 1 aliphatic carbocycles. The van der Waals surface area contributed by atoms with Crippen molar-refractivity contribution in [3.8, 4) is 10.4 Å². The van der Waals surface area contributed by atoms with Crippen molar-refractivity contribution in [2.24, 2.45) is 5.92 Å². The first-order valence-electron chi connectivity index (χ1n) is 8.95. The van der Waals surface area contributed by atoms with Crippen molar-refractivity contribution in [2.75, 3.05) is 26.2 Å². The topological polar surface area (TPSA) is 23.6 Å². The SMILES string of the molecule is O=C(C1CCC1)N1CCN(Cc2ccc(-c3ccccc3)s2)CC1. The number of thiophene rings is 1. The lowest BCUT2D eigenvalue weighted by Crippen LogP contribution is -2.50. The van der Waals surface area contributed by atoms with Crippen LogP contribution < -0.4 is 0 Å². The van der Waals surface area contributed by atoms with E-state index in [1.165, 1.54) is 21.7 Å². The van der Waals surface area contributed by atoms with E-state index in [9.17, 15) is 4.79 Å². The van der Waals surface area contributed by atoms with Crippen molar-refractivity contribution in [1.82, 2.24) is 9.80 Å². The highest BCUT2D eigenvalue weighted by Gasteiger charge is 2.31. The van der Waals surface area contributed by atoms with E-state index < -0.39 is 0 Å². The summed E-state index contributed by atoms with van der Waals surface area (Å²) in [5, 5.41) is 0. The minimum Gasteiger partial charge on any atom is -0.340 e. The Balaban J connectivity index is 1.31. The number of rotatable bonds is 4. The molecule has 1 saturated heterocycles. The Hall–Kier alpha value is -1.65. The lowest BCUT2D eigenvalue weighted by Gasteiger charge is -2.38. The average Bonchev–Trinajstić information content (AvgIpc) is 3.03. The molecule has 1 aromatic heterocycles. The summed E-state index contributed by atoms with van der Waals surface area (Å²) in [5.74, 6) is 0.741. The molecule has 2 aliphatic rings. The monoisotopic (exact) mass is 340 g/mol. The van der Waals surface area contributed by atoms with Gasteiger partial charge in [0, 0.05) is 48.4 Å². The molecule has 0 bridgehead atoms. The van der Waals surface area contributed by atoms with Gasteiger partial charge in [-0.25, -0.2) is 0 Å². The molecule has 1 aromatic carbocycles. The van der Waals surface area contributed by atoms with Gasteiger partial charge in [-0.1, -0.05) is 36.8 Å². The maximum Gasteiger partial charge on any atom is 0.225 e. The second-order valence-corrected chi connectivity index (χ2v) is 8.03. The minimum atomic E-state index is 0.335.